The van der Waals surface area contributed by atoms with Crippen LogP contribution >= 0.6 is 0 Å². The maximum absolute atomic E-state index is 5.63. The molecule has 3 N–H and O–H groups in total. The molecule has 12 heavy (non-hydrogen) atoms. The maximum Gasteiger partial charge on any atom is 0.148 e. The van der Waals surface area contributed by atoms with Crippen molar-refractivity contribution in [1.29, 1.82) is 0 Å². The van der Waals surface area contributed by atoms with Gasteiger partial charge in [0.25, 0.3) is 0 Å². The van der Waals surface area contributed by atoms with Gasteiger partial charge in [0.1, 0.15) is 5.82 Å². The van der Waals surface area contributed by atoms with Crippen LogP contribution in [0.15, 0.2) is 0 Å². The molecule has 4 heteroatoms. The van der Waals surface area contributed by atoms with Crippen LogP contribution in [0.1, 0.15) is 23.6 Å². The molecule has 66 valence electrons. The molecule has 1 aromatic rings. The Kier molecular flexibility index (Phi) is 1.77. The third-order valence-corrected chi connectivity index (χ3v) is 2.42. The fraction of sp³-hybridized carbons (Fsp3) is 0.625. The first kappa shape index (κ1) is 7.61. The van der Waals surface area contributed by atoms with Gasteiger partial charge in [-0.05, 0) is 13.3 Å². The molecule has 0 saturated carbocycles. The van der Waals surface area contributed by atoms with Crippen LogP contribution in [0, 0.1) is 6.92 Å². The number of nitrogens with zero attached hydrogens (tertiary/aromatic N) is 1. The van der Waals surface area contributed by atoms with Gasteiger partial charge in [0.2, 0.25) is 0 Å². The minimum Gasteiger partial charge on any atom is -0.382 e. The molecule has 0 aromatic carbocycles. The predicted octanol–water partition coefficient (Wildman–Crippen LogP) is 0.804. The highest BCUT2D eigenvalue weighted by Crippen LogP contribution is 2.27. The largest absolute Gasteiger partial charge is 0.382 e. The number of rotatable bonds is 1. The number of aromatic amines is 1. The molecule has 0 bridgehead atoms. The molecular formula is C8H13N3O. The monoisotopic (exact) mass is 167 g/mol. The number of nitrogen functional groups attached to an aromatic ring is 1. The van der Waals surface area contributed by atoms with Crippen molar-refractivity contribution in [3.05, 3.63) is 11.3 Å². The predicted molar refractivity (Wildman–Crippen MR) is 45.9 cm³/mol. The van der Waals surface area contributed by atoms with Crippen LogP contribution in [-0.4, -0.2) is 23.4 Å². The first-order valence-corrected chi connectivity index (χ1v) is 4.17. The van der Waals surface area contributed by atoms with Gasteiger partial charge in [-0.2, -0.15) is 5.10 Å². The normalized spacial score (nSPS) is 23.2. The second-order valence-electron chi connectivity index (χ2n) is 3.21. The van der Waals surface area contributed by atoms with E-state index in [0.717, 1.165) is 30.9 Å². The molecule has 4 nitrogen and oxygen atoms in total. The van der Waals surface area contributed by atoms with Gasteiger partial charge in [-0.15, -0.1) is 0 Å². The molecule has 1 aliphatic rings. The van der Waals surface area contributed by atoms with Gasteiger partial charge in [0.15, 0.2) is 0 Å². The van der Waals surface area contributed by atoms with Crippen molar-refractivity contribution < 1.29 is 4.74 Å². The van der Waals surface area contributed by atoms with Crippen LogP contribution in [0.2, 0.25) is 0 Å². The van der Waals surface area contributed by atoms with Gasteiger partial charge in [-0.1, -0.05) is 0 Å². The summed E-state index contributed by atoms with van der Waals surface area (Å²) in [6, 6.07) is 0. The SMILES string of the molecule is Cc1c(N)n[nH]c1C1CCOC1. The van der Waals surface area contributed by atoms with Crippen LogP contribution in [-0.2, 0) is 4.74 Å². The Morgan fingerprint density at radius 1 is 1.67 bits per heavy atom. The van der Waals surface area contributed by atoms with Gasteiger partial charge in [0.05, 0.1) is 6.61 Å². The van der Waals surface area contributed by atoms with E-state index in [1.165, 1.54) is 0 Å². The Morgan fingerprint density at radius 2 is 2.50 bits per heavy atom. The summed E-state index contributed by atoms with van der Waals surface area (Å²) in [6.45, 7) is 3.64. The molecule has 1 unspecified atom stereocenters. The number of aromatic nitrogens is 2. The molecule has 1 aromatic heterocycles. The lowest BCUT2D eigenvalue weighted by atomic mass is 10.0. The zero-order valence-corrected chi connectivity index (χ0v) is 7.13. The van der Waals surface area contributed by atoms with E-state index >= 15 is 0 Å². The van der Waals surface area contributed by atoms with Crippen molar-refractivity contribution in [1.82, 2.24) is 10.2 Å². The summed E-state index contributed by atoms with van der Waals surface area (Å²) in [5, 5.41) is 6.92. The molecule has 0 amide bonds. The Balaban J connectivity index is 2.26. The minimum atomic E-state index is 0.467. The van der Waals surface area contributed by atoms with E-state index in [-0.39, 0.29) is 0 Å². The fourth-order valence-corrected chi connectivity index (χ4v) is 1.59. The third kappa shape index (κ3) is 1.08. The first-order valence-electron chi connectivity index (χ1n) is 4.17. The second kappa shape index (κ2) is 2.79. The molecule has 1 atom stereocenters. The Morgan fingerprint density at radius 3 is 3.00 bits per heavy atom. The molecule has 1 saturated heterocycles. The highest BCUT2D eigenvalue weighted by Gasteiger charge is 2.21. The Labute approximate surface area is 71.1 Å². The van der Waals surface area contributed by atoms with Crippen molar-refractivity contribution in [2.24, 2.45) is 0 Å². The van der Waals surface area contributed by atoms with E-state index in [1.807, 2.05) is 6.92 Å². The quantitative estimate of drug-likeness (QED) is 0.650. The standard InChI is InChI=1S/C8H13N3O/c1-5-7(10-11-8(5)9)6-2-3-12-4-6/h6H,2-4H2,1H3,(H3,9,10,11). The van der Waals surface area contributed by atoms with Crippen LogP contribution in [0.25, 0.3) is 0 Å². The average molecular weight is 167 g/mol. The van der Waals surface area contributed by atoms with Crippen molar-refractivity contribution in [2.45, 2.75) is 19.3 Å². The summed E-state index contributed by atoms with van der Waals surface area (Å²) in [5.41, 5.74) is 7.84. The van der Waals surface area contributed by atoms with Gasteiger partial charge < -0.3 is 10.5 Å². The smallest absolute Gasteiger partial charge is 0.148 e. The van der Waals surface area contributed by atoms with Gasteiger partial charge in [-0.3, -0.25) is 5.10 Å². The molecule has 2 rings (SSSR count). The number of nitrogens with two attached hydrogens (primary N) is 1. The summed E-state index contributed by atoms with van der Waals surface area (Å²) in [6.07, 6.45) is 1.07. The van der Waals surface area contributed by atoms with E-state index in [9.17, 15) is 0 Å². The van der Waals surface area contributed by atoms with E-state index in [1.54, 1.807) is 0 Å². The van der Waals surface area contributed by atoms with Gasteiger partial charge >= 0.3 is 0 Å². The molecule has 0 radical (unpaired) electrons. The average Bonchev–Trinajstić information content (AvgIpc) is 2.64. The number of nitrogens with one attached hydrogen (secondary N) is 1. The van der Waals surface area contributed by atoms with E-state index < -0.39 is 0 Å². The highest BCUT2D eigenvalue weighted by molar-refractivity contribution is 5.42. The van der Waals surface area contributed by atoms with Crippen molar-refractivity contribution in [2.75, 3.05) is 18.9 Å². The number of ether oxygens (including phenoxy) is 1. The topological polar surface area (TPSA) is 63.9 Å². The molecule has 0 spiro atoms. The van der Waals surface area contributed by atoms with E-state index in [0.29, 0.717) is 11.7 Å². The summed E-state index contributed by atoms with van der Waals surface area (Å²) in [5.74, 6) is 1.08. The molecular weight excluding hydrogens is 154 g/mol. The van der Waals surface area contributed by atoms with E-state index in [2.05, 4.69) is 10.2 Å². The maximum atomic E-state index is 5.63. The van der Waals surface area contributed by atoms with Crippen molar-refractivity contribution in [3.63, 3.8) is 0 Å². The Bertz CT molecular complexity index is 276. The first-order chi connectivity index (χ1) is 5.79. The van der Waals surface area contributed by atoms with Crippen LogP contribution in [0.4, 0.5) is 5.82 Å². The summed E-state index contributed by atoms with van der Waals surface area (Å²) >= 11 is 0. The van der Waals surface area contributed by atoms with Gasteiger partial charge in [0, 0.05) is 23.8 Å². The highest BCUT2D eigenvalue weighted by atomic mass is 16.5. The van der Waals surface area contributed by atoms with E-state index in [4.69, 9.17) is 10.5 Å². The number of anilines is 1. The lowest BCUT2D eigenvalue weighted by Gasteiger charge is -2.04. The number of H-pyrrole nitrogens is 1. The minimum absolute atomic E-state index is 0.467. The van der Waals surface area contributed by atoms with Crippen LogP contribution in [0.3, 0.4) is 0 Å². The van der Waals surface area contributed by atoms with Crippen molar-refractivity contribution in [3.8, 4) is 0 Å². The summed E-state index contributed by atoms with van der Waals surface area (Å²) in [4.78, 5) is 0. The number of hydrogen-bond acceptors (Lipinski definition) is 3. The molecule has 2 heterocycles. The van der Waals surface area contributed by atoms with Crippen LogP contribution in [0.5, 0.6) is 0 Å². The van der Waals surface area contributed by atoms with Crippen LogP contribution < -0.4 is 5.73 Å². The zero-order chi connectivity index (χ0) is 8.55. The Hall–Kier alpha value is -1.03. The molecule has 1 fully saturated rings. The number of hydrogen-bond donors (Lipinski definition) is 2. The van der Waals surface area contributed by atoms with Crippen molar-refractivity contribution >= 4 is 5.82 Å². The second-order valence-corrected chi connectivity index (χ2v) is 3.21. The molecule has 0 aliphatic carbocycles. The summed E-state index contributed by atoms with van der Waals surface area (Å²) in [7, 11) is 0. The third-order valence-electron chi connectivity index (χ3n) is 2.42. The lowest BCUT2D eigenvalue weighted by Crippen LogP contribution is -2.00. The zero-order valence-electron chi connectivity index (χ0n) is 7.13. The summed E-state index contributed by atoms with van der Waals surface area (Å²) < 4.78 is 5.29. The molecule has 1 aliphatic heterocycles. The fourth-order valence-electron chi connectivity index (χ4n) is 1.59. The van der Waals surface area contributed by atoms with Gasteiger partial charge in [-0.25, -0.2) is 0 Å². The lowest BCUT2D eigenvalue weighted by molar-refractivity contribution is 0.193.